The molecule has 0 fully saturated rings. The van der Waals surface area contributed by atoms with Crippen molar-refractivity contribution >= 4 is 38.3 Å². The SMILES string of the molecule is O=S(=O)(Nc1ccccc1I)c1ccc2c(c1)OCCO2. The molecule has 1 N–H and O–H groups in total. The van der Waals surface area contributed by atoms with Crippen LogP contribution in [0.5, 0.6) is 11.5 Å². The molecule has 1 aliphatic heterocycles. The van der Waals surface area contributed by atoms with Gasteiger partial charge in [-0.1, -0.05) is 12.1 Å². The molecule has 2 aromatic carbocycles. The normalized spacial score (nSPS) is 13.8. The molecule has 0 saturated heterocycles. The zero-order chi connectivity index (χ0) is 14.9. The van der Waals surface area contributed by atoms with Crippen molar-refractivity contribution in [2.75, 3.05) is 17.9 Å². The number of fused-ring (bicyclic) bond motifs is 1. The quantitative estimate of drug-likeness (QED) is 0.781. The summed E-state index contributed by atoms with van der Waals surface area (Å²) in [6.45, 7) is 0.889. The Bertz CT molecular complexity index is 776. The summed E-state index contributed by atoms with van der Waals surface area (Å²) in [6.07, 6.45) is 0. The van der Waals surface area contributed by atoms with Gasteiger partial charge in [0, 0.05) is 9.64 Å². The van der Waals surface area contributed by atoms with Gasteiger partial charge in [-0.3, -0.25) is 4.72 Å². The van der Waals surface area contributed by atoms with E-state index in [9.17, 15) is 8.42 Å². The number of anilines is 1. The standard InChI is InChI=1S/C14H12INO4S/c15-11-3-1-2-4-12(11)16-21(17,18)10-5-6-13-14(9-10)20-8-7-19-13/h1-6,9,16H,7-8H2. The molecule has 110 valence electrons. The van der Waals surface area contributed by atoms with E-state index < -0.39 is 10.0 Å². The van der Waals surface area contributed by atoms with Crippen LogP contribution in [-0.2, 0) is 10.0 Å². The van der Waals surface area contributed by atoms with E-state index >= 15 is 0 Å². The minimum atomic E-state index is -3.66. The summed E-state index contributed by atoms with van der Waals surface area (Å²) in [5.41, 5.74) is 0.549. The third-order valence-corrected chi connectivity index (χ3v) is 5.25. The maximum atomic E-state index is 12.4. The Balaban J connectivity index is 1.93. The van der Waals surface area contributed by atoms with Gasteiger partial charge in [0.1, 0.15) is 13.2 Å². The summed E-state index contributed by atoms with van der Waals surface area (Å²) in [6, 6.07) is 11.8. The Morgan fingerprint density at radius 1 is 1.00 bits per heavy atom. The second-order valence-corrected chi connectivity index (χ2v) is 7.24. The summed E-state index contributed by atoms with van der Waals surface area (Å²) < 4.78 is 39.1. The van der Waals surface area contributed by atoms with Crippen LogP contribution in [0.25, 0.3) is 0 Å². The summed E-state index contributed by atoms with van der Waals surface area (Å²) in [7, 11) is -3.66. The van der Waals surface area contributed by atoms with Gasteiger partial charge in [0.05, 0.1) is 10.6 Å². The number of sulfonamides is 1. The molecule has 2 aromatic rings. The van der Waals surface area contributed by atoms with E-state index in [0.717, 1.165) is 3.57 Å². The van der Waals surface area contributed by atoms with E-state index in [1.807, 2.05) is 12.1 Å². The molecular formula is C14H12INO4S. The number of para-hydroxylation sites is 1. The first-order valence-electron chi connectivity index (χ1n) is 6.23. The molecular weight excluding hydrogens is 405 g/mol. The second kappa shape index (κ2) is 5.72. The molecule has 7 heteroatoms. The van der Waals surface area contributed by atoms with Gasteiger partial charge in [-0.2, -0.15) is 0 Å². The van der Waals surface area contributed by atoms with Gasteiger partial charge < -0.3 is 9.47 Å². The molecule has 21 heavy (non-hydrogen) atoms. The highest BCUT2D eigenvalue weighted by Crippen LogP contribution is 2.33. The highest BCUT2D eigenvalue weighted by Gasteiger charge is 2.20. The predicted molar refractivity (Wildman–Crippen MR) is 87.4 cm³/mol. The Morgan fingerprint density at radius 2 is 1.71 bits per heavy atom. The fraction of sp³-hybridized carbons (Fsp3) is 0.143. The molecule has 0 spiro atoms. The first-order chi connectivity index (χ1) is 10.1. The Labute approximate surface area is 136 Å². The fourth-order valence-corrected chi connectivity index (χ4v) is 3.74. The zero-order valence-electron chi connectivity index (χ0n) is 10.9. The van der Waals surface area contributed by atoms with E-state index in [2.05, 4.69) is 27.3 Å². The van der Waals surface area contributed by atoms with Gasteiger partial charge in [-0.25, -0.2) is 8.42 Å². The summed E-state index contributed by atoms with van der Waals surface area (Å²) in [4.78, 5) is 0.145. The lowest BCUT2D eigenvalue weighted by Crippen LogP contribution is -2.17. The number of hydrogen-bond acceptors (Lipinski definition) is 4. The lowest BCUT2D eigenvalue weighted by atomic mass is 10.3. The molecule has 0 atom stereocenters. The van der Waals surface area contributed by atoms with E-state index in [1.165, 1.54) is 12.1 Å². The smallest absolute Gasteiger partial charge is 0.262 e. The second-order valence-electron chi connectivity index (χ2n) is 4.39. The van der Waals surface area contributed by atoms with Crippen LogP contribution >= 0.6 is 22.6 Å². The molecule has 0 amide bonds. The molecule has 0 unspecified atom stereocenters. The first-order valence-corrected chi connectivity index (χ1v) is 8.79. The van der Waals surface area contributed by atoms with Crippen molar-refractivity contribution < 1.29 is 17.9 Å². The molecule has 0 radical (unpaired) electrons. The molecule has 0 aromatic heterocycles. The van der Waals surface area contributed by atoms with Crippen molar-refractivity contribution in [2.24, 2.45) is 0 Å². The van der Waals surface area contributed by atoms with Crippen LogP contribution in [-0.4, -0.2) is 21.6 Å². The predicted octanol–water partition coefficient (Wildman–Crippen LogP) is 2.86. The van der Waals surface area contributed by atoms with Gasteiger partial charge in [-0.05, 0) is 46.9 Å². The monoisotopic (exact) mass is 417 g/mol. The molecule has 1 heterocycles. The Morgan fingerprint density at radius 3 is 2.48 bits per heavy atom. The number of hydrogen-bond donors (Lipinski definition) is 1. The minimum absolute atomic E-state index is 0.145. The Kier molecular flexibility index (Phi) is 3.94. The van der Waals surface area contributed by atoms with Crippen LogP contribution in [0.4, 0.5) is 5.69 Å². The van der Waals surface area contributed by atoms with E-state index in [-0.39, 0.29) is 4.90 Å². The van der Waals surface area contributed by atoms with Gasteiger partial charge in [0.2, 0.25) is 0 Å². The van der Waals surface area contributed by atoms with Gasteiger partial charge in [-0.15, -0.1) is 0 Å². The van der Waals surface area contributed by atoms with Crippen LogP contribution in [0.1, 0.15) is 0 Å². The topological polar surface area (TPSA) is 64.6 Å². The number of halogens is 1. The van der Waals surface area contributed by atoms with Crippen molar-refractivity contribution in [3.8, 4) is 11.5 Å². The highest BCUT2D eigenvalue weighted by atomic mass is 127. The first kappa shape index (κ1) is 14.5. The molecule has 0 saturated carbocycles. The largest absolute Gasteiger partial charge is 0.486 e. The number of benzene rings is 2. The summed E-state index contributed by atoms with van der Waals surface area (Å²) >= 11 is 2.08. The van der Waals surface area contributed by atoms with Crippen LogP contribution in [0, 0.1) is 3.57 Å². The minimum Gasteiger partial charge on any atom is -0.486 e. The fourth-order valence-electron chi connectivity index (χ4n) is 1.94. The molecule has 0 bridgehead atoms. The average Bonchev–Trinajstić information content (AvgIpc) is 2.49. The van der Waals surface area contributed by atoms with E-state index in [1.54, 1.807) is 18.2 Å². The number of ether oxygens (including phenoxy) is 2. The molecule has 3 rings (SSSR count). The van der Waals surface area contributed by atoms with Crippen molar-refractivity contribution in [1.82, 2.24) is 0 Å². The highest BCUT2D eigenvalue weighted by molar-refractivity contribution is 14.1. The third-order valence-electron chi connectivity index (χ3n) is 2.94. The van der Waals surface area contributed by atoms with Crippen molar-refractivity contribution in [2.45, 2.75) is 4.90 Å². The maximum Gasteiger partial charge on any atom is 0.262 e. The summed E-state index contributed by atoms with van der Waals surface area (Å²) in [5, 5.41) is 0. The molecule has 1 aliphatic rings. The van der Waals surface area contributed by atoms with Crippen LogP contribution in [0.3, 0.4) is 0 Å². The van der Waals surface area contributed by atoms with Crippen molar-refractivity contribution in [3.63, 3.8) is 0 Å². The molecule has 0 aliphatic carbocycles. The van der Waals surface area contributed by atoms with Gasteiger partial charge in [0.15, 0.2) is 11.5 Å². The van der Waals surface area contributed by atoms with Crippen LogP contribution in [0.2, 0.25) is 0 Å². The van der Waals surface area contributed by atoms with Crippen molar-refractivity contribution in [1.29, 1.82) is 0 Å². The number of rotatable bonds is 3. The number of nitrogens with one attached hydrogen (secondary N) is 1. The van der Waals surface area contributed by atoms with Gasteiger partial charge >= 0.3 is 0 Å². The third kappa shape index (κ3) is 3.08. The van der Waals surface area contributed by atoms with Crippen LogP contribution < -0.4 is 14.2 Å². The lowest BCUT2D eigenvalue weighted by Gasteiger charge is -2.19. The lowest BCUT2D eigenvalue weighted by molar-refractivity contribution is 0.171. The van der Waals surface area contributed by atoms with Crippen LogP contribution in [0.15, 0.2) is 47.4 Å². The van der Waals surface area contributed by atoms with E-state index in [4.69, 9.17) is 9.47 Å². The van der Waals surface area contributed by atoms with Crippen molar-refractivity contribution in [3.05, 3.63) is 46.0 Å². The zero-order valence-corrected chi connectivity index (χ0v) is 13.8. The maximum absolute atomic E-state index is 12.4. The van der Waals surface area contributed by atoms with Gasteiger partial charge in [0.25, 0.3) is 10.0 Å². The molecule has 5 nitrogen and oxygen atoms in total. The van der Waals surface area contributed by atoms with E-state index in [0.29, 0.717) is 30.4 Å². The average molecular weight is 417 g/mol. The summed E-state index contributed by atoms with van der Waals surface area (Å²) in [5.74, 6) is 1.02. The Hall–Kier alpha value is -1.48.